The molecule has 4 nitrogen and oxygen atoms in total. The number of rotatable bonds is 6. The molecule has 0 fully saturated rings. The standard InChI is InChI=1S/C16H13F3N2O2S/c17-16(18,19)13-8-14(20-11-24)15(22)21(9-13)6-7-23-10-12-4-2-1-3-5-12/h1-5,8-9H,6-7,10H2. The molecule has 0 aliphatic rings. The van der Waals surface area contributed by atoms with E-state index in [9.17, 15) is 18.0 Å². The van der Waals surface area contributed by atoms with Gasteiger partial charge in [-0.2, -0.15) is 18.2 Å². The van der Waals surface area contributed by atoms with Gasteiger partial charge in [-0.15, -0.1) is 0 Å². The van der Waals surface area contributed by atoms with E-state index in [1.807, 2.05) is 35.5 Å². The lowest BCUT2D eigenvalue weighted by Crippen LogP contribution is -2.24. The van der Waals surface area contributed by atoms with Crippen molar-refractivity contribution < 1.29 is 17.9 Å². The van der Waals surface area contributed by atoms with Gasteiger partial charge in [0.2, 0.25) is 0 Å². The number of aromatic nitrogens is 1. The Bertz CT molecular complexity index is 797. The van der Waals surface area contributed by atoms with Crippen LogP contribution in [0.4, 0.5) is 18.9 Å². The summed E-state index contributed by atoms with van der Waals surface area (Å²) in [6.07, 6.45) is -3.84. The molecular weight excluding hydrogens is 341 g/mol. The number of nitrogens with zero attached hydrogens (tertiary/aromatic N) is 2. The maximum Gasteiger partial charge on any atom is 0.417 e. The largest absolute Gasteiger partial charge is 0.417 e. The molecule has 24 heavy (non-hydrogen) atoms. The second kappa shape index (κ2) is 8.01. The van der Waals surface area contributed by atoms with Gasteiger partial charge in [-0.3, -0.25) is 4.79 Å². The summed E-state index contributed by atoms with van der Waals surface area (Å²) in [5, 5.41) is 1.92. The highest BCUT2D eigenvalue weighted by atomic mass is 32.1. The summed E-state index contributed by atoms with van der Waals surface area (Å²) in [6, 6.07) is 9.95. The van der Waals surface area contributed by atoms with Crippen LogP contribution in [0, 0.1) is 0 Å². The van der Waals surface area contributed by atoms with E-state index >= 15 is 0 Å². The van der Waals surface area contributed by atoms with Crippen molar-refractivity contribution in [3.63, 3.8) is 0 Å². The lowest BCUT2D eigenvalue weighted by atomic mass is 10.2. The monoisotopic (exact) mass is 354 g/mol. The second-order valence-electron chi connectivity index (χ2n) is 4.85. The third-order valence-electron chi connectivity index (χ3n) is 3.15. The zero-order valence-corrected chi connectivity index (χ0v) is 13.2. The summed E-state index contributed by atoms with van der Waals surface area (Å²) in [5.41, 5.74) is -1.12. The third-order valence-corrected chi connectivity index (χ3v) is 3.24. The topological polar surface area (TPSA) is 43.6 Å². The normalized spacial score (nSPS) is 11.1. The number of isothiocyanates is 1. The van der Waals surface area contributed by atoms with E-state index in [1.165, 1.54) is 0 Å². The molecule has 0 aliphatic heterocycles. The number of hydrogen-bond donors (Lipinski definition) is 0. The van der Waals surface area contributed by atoms with Crippen molar-refractivity contribution in [2.75, 3.05) is 6.61 Å². The highest BCUT2D eigenvalue weighted by Crippen LogP contribution is 2.30. The highest BCUT2D eigenvalue weighted by molar-refractivity contribution is 7.78. The smallest absolute Gasteiger partial charge is 0.375 e. The zero-order valence-electron chi connectivity index (χ0n) is 12.4. The average Bonchev–Trinajstić information content (AvgIpc) is 2.54. The summed E-state index contributed by atoms with van der Waals surface area (Å²) in [7, 11) is 0. The van der Waals surface area contributed by atoms with Gasteiger partial charge in [0.25, 0.3) is 5.56 Å². The second-order valence-corrected chi connectivity index (χ2v) is 5.03. The van der Waals surface area contributed by atoms with Crippen LogP contribution in [0.2, 0.25) is 0 Å². The summed E-state index contributed by atoms with van der Waals surface area (Å²) in [4.78, 5) is 15.5. The summed E-state index contributed by atoms with van der Waals surface area (Å²) in [5.74, 6) is 0. The maximum atomic E-state index is 12.9. The van der Waals surface area contributed by atoms with E-state index in [0.717, 1.165) is 16.3 Å². The highest BCUT2D eigenvalue weighted by Gasteiger charge is 2.32. The fraction of sp³-hybridized carbons (Fsp3) is 0.250. The molecule has 0 N–H and O–H groups in total. The molecule has 1 aromatic carbocycles. The molecule has 2 rings (SSSR count). The van der Waals surface area contributed by atoms with Crippen LogP contribution in [-0.2, 0) is 24.1 Å². The predicted octanol–water partition coefficient (Wildman–Crippen LogP) is 3.82. The first-order chi connectivity index (χ1) is 11.4. The number of thiocarbonyl (C=S) groups is 1. The van der Waals surface area contributed by atoms with Gasteiger partial charge in [-0.05, 0) is 23.8 Å². The van der Waals surface area contributed by atoms with Gasteiger partial charge in [0.1, 0.15) is 5.69 Å². The minimum absolute atomic E-state index is 0.0322. The molecule has 126 valence electrons. The fourth-order valence-corrected chi connectivity index (χ4v) is 2.10. The summed E-state index contributed by atoms with van der Waals surface area (Å²) >= 11 is 4.36. The van der Waals surface area contributed by atoms with E-state index in [1.54, 1.807) is 0 Å². The first kappa shape index (κ1) is 18.1. The van der Waals surface area contributed by atoms with Crippen LogP contribution in [-0.4, -0.2) is 16.3 Å². The molecule has 0 atom stereocenters. The van der Waals surface area contributed by atoms with Gasteiger partial charge < -0.3 is 9.30 Å². The number of ether oxygens (including phenoxy) is 1. The Morgan fingerprint density at radius 3 is 2.58 bits per heavy atom. The number of hydrogen-bond acceptors (Lipinski definition) is 4. The minimum Gasteiger partial charge on any atom is -0.375 e. The Morgan fingerprint density at radius 2 is 1.96 bits per heavy atom. The Morgan fingerprint density at radius 1 is 1.25 bits per heavy atom. The fourth-order valence-electron chi connectivity index (χ4n) is 2.00. The molecule has 0 spiro atoms. The van der Waals surface area contributed by atoms with Gasteiger partial charge in [0.05, 0.1) is 23.9 Å². The zero-order chi connectivity index (χ0) is 17.6. The minimum atomic E-state index is -4.59. The Balaban J connectivity index is 2.12. The van der Waals surface area contributed by atoms with Gasteiger partial charge in [0.15, 0.2) is 0 Å². The number of alkyl halides is 3. The quantitative estimate of drug-likeness (QED) is 0.450. The van der Waals surface area contributed by atoms with Crippen molar-refractivity contribution in [3.8, 4) is 0 Å². The first-order valence-corrected chi connectivity index (χ1v) is 7.34. The number of halogens is 3. The molecule has 0 saturated carbocycles. The van der Waals surface area contributed by atoms with Crippen molar-refractivity contribution in [2.24, 2.45) is 4.99 Å². The van der Waals surface area contributed by atoms with Crippen molar-refractivity contribution in [3.05, 3.63) is 64.1 Å². The van der Waals surface area contributed by atoms with E-state index in [-0.39, 0.29) is 13.2 Å². The lowest BCUT2D eigenvalue weighted by molar-refractivity contribution is -0.138. The third kappa shape index (κ3) is 4.86. The van der Waals surface area contributed by atoms with Crippen LogP contribution in [0.1, 0.15) is 11.1 Å². The first-order valence-electron chi connectivity index (χ1n) is 6.93. The average molecular weight is 354 g/mol. The SMILES string of the molecule is O=c1c(N=C=S)cc(C(F)(F)F)cn1CCOCc1ccccc1. The maximum absolute atomic E-state index is 12.9. The van der Waals surface area contributed by atoms with Crippen LogP contribution in [0.15, 0.2) is 52.4 Å². The van der Waals surface area contributed by atoms with E-state index in [2.05, 4.69) is 17.2 Å². The molecule has 2 aromatic rings. The molecule has 0 unspecified atom stereocenters. The van der Waals surface area contributed by atoms with Crippen LogP contribution in [0.5, 0.6) is 0 Å². The van der Waals surface area contributed by atoms with Crippen LogP contribution < -0.4 is 5.56 Å². The number of benzene rings is 1. The Kier molecular flexibility index (Phi) is 6.03. The molecule has 0 aliphatic carbocycles. The summed E-state index contributed by atoms with van der Waals surface area (Å²) in [6.45, 7) is 0.353. The molecule has 1 aromatic heterocycles. The van der Waals surface area contributed by atoms with E-state index in [4.69, 9.17) is 4.74 Å². The number of pyridine rings is 1. The van der Waals surface area contributed by atoms with Crippen molar-refractivity contribution >= 4 is 23.1 Å². The Hall–Kier alpha value is -2.28. The predicted molar refractivity (Wildman–Crippen MR) is 86.5 cm³/mol. The van der Waals surface area contributed by atoms with Gasteiger partial charge >= 0.3 is 6.18 Å². The molecule has 1 heterocycles. The lowest BCUT2D eigenvalue weighted by Gasteiger charge is -2.12. The van der Waals surface area contributed by atoms with Crippen LogP contribution in [0.25, 0.3) is 0 Å². The van der Waals surface area contributed by atoms with E-state index in [0.29, 0.717) is 12.7 Å². The molecular formula is C16H13F3N2O2S. The molecule has 0 radical (unpaired) electrons. The van der Waals surface area contributed by atoms with Crippen LogP contribution >= 0.6 is 12.2 Å². The van der Waals surface area contributed by atoms with Gasteiger partial charge in [-0.1, -0.05) is 30.3 Å². The van der Waals surface area contributed by atoms with Crippen molar-refractivity contribution in [1.29, 1.82) is 0 Å². The van der Waals surface area contributed by atoms with Gasteiger partial charge in [-0.25, -0.2) is 0 Å². The van der Waals surface area contributed by atoms with Crippen molar-refractivity contribution in [2.45, 2.75) is 19.3 Å². The molecule has 0 saturated heterocycles. The van der Waals surface area contributed by atoms with E-state index < -0.39 is 23.0 Å². The van der Waals surface area contributed by atoms with Crippen molar-refractivity contribution in [1.82, 2.24) is 4.57 Å². The van der Waals surface area contributed by atoms with Crippen LogP contribution in [0.3, 0.4) is 0 Å². The molecule has 0 bridgehead atoms. The summed E-state index contributed by atoms with van der Waals surface area (Å²) < 4.78 is 45.0. The van der Waals surface area contributed by atoms with Gasteiger partial charge in [0, 0.05) is 12.7 Å². The number of aliphatic imine (C=N–C) groups is 1. The Labute approximate surface area is 141 Å². The molecule has 8 heteroatoms. The molecule has 0 amide bonds.